The van der Waals surface area contributed by atoms with E-state index in [1.54, 1.807) is 19.2 Å². The number of rotatable bonds is 6. The number of benzene rings is 2. The molecule has 4 rings (SSSR count). The molecule has 0 bridgehead atoms. The van der Waals surface area contributed by atoms with Crippen molar-refractivity contribution < 1.29 is 18.3 Å². The number of amides is 1. The zero-order valence-corrected chi connectivity index (χ0v) is 16.4. The zero-order valence-electron chi connectivity index (χ0n) is 14.8. The first-order valence-corrected chi connectivity index (χ1v) is 10.2. The molecule has 0 radical (unpaired) electrons. The molecule has 0 aliphatic carbocycles. The van der Waals surface area contributed by atoms with Crippen molar-refractivity contribution >= 4 is 45.1 Å². The quantitative estimate of drug-likeness (QED) is 0.426. The normalized spacial score (nSPS) is 10.9. The molecule has 1 amide bonds. The number of carbonyl (C=O) groups excluding carboxylic acids is 1. The summed E-state index contributed by atoms with van der Waals surface area (Å²) in [7, 11) is 1.62. The summed E-state index contributed by atoms with van der Waals surface area (Å²) in [6, 6.07) is 13.5. The fraction of sp³-hybridized carbons (Fsp3) is 0.100. The van der Waals surface area contributed by atoms with Gasteiger partial charge in [-0.15, -0.1) is 23.1 Å². The van der Waals surface area contributed by atoms with E-state index in [0.29, 0.717) is 16.6 Å². The van der Waals surface area contributed by atoms with Crippen LogP contribution in [0.4, 0.5) is 9.52 Å². The molecule has 0 aliphatic heterocycles. The summed E-state index contributed by atoms with van der Waals surface area (Å²) in [6.07, 6.45) is 0. The van der Waals surface area contributed by atoms with Gasteiger partial charge in [0.1, 0.15) is 22.8 Å². The summed E-state index contributed by atoms with van der Waals surface area (Å²) in [4.78, 5) is 17.4. The van der Waals surface area contributed by atoms with Crippen molar-refractivity contribution in [3.8, 4) is 17.2 Å². The van der Waals surface area contributed by atoms with Crippen LogP contribution >= 0.6 is 23.1 Å². The van der Waals surface area contributed by atoms with Crippen LogP contribution in [0.25, 0.3) is 22.4 Å². The first-order chi connectivity index (χ1) is 13.6. The number of thioether (sulfide) groups is 1. The van der Waals surface area contributed by atoms with E-state index in [4.69, 9.17) is 9.15 Å². The Hall–Kier alpha value is -2.84. The van der Waals surface area contributed by atoms with E-state index in [1.165, 1.54) is 35.2 Å². The third kappa shape index (κ3) is 4.18. The summed E-state index contributed by atoms with van der Waals surface area (Å²) in [5, 5.41) is 6.03. The van der Waals surface area contributed by atoms with Gasteiger partial charge >= 0.3 is 0 Å². The fourth-order valence-electron chi connectivity index (χ4n) is 2.55. The number of fused-ring (bicyclic) bond motifs is 1. The predicted octanol–water partition coefficient (Wildman–Crippen LogP) is 5.43. The molecular formula is C20H15FN2O3S2. The van der Waals surface area contributed by atoms with Gasteiger partial charge in [0.25, 0.3) is 0 Å². The number of nitrogens with zero attached hydrogens (tertiary/aromatic N) is 1. The number of halogens is 1. The third-order valence-corrected chi connectivity index (χ3v) is 5.68. The lowest BCUT2D eigenvalue weighted by molar-refractivity contribution is -0.113. The predicted molar refractivity (Wildman–Crippen MR) is 110 cm³/mol. The van der Waals surface area contributed by atoms with E-state index in [2.05, 4.69) is 10.3 Å². The Kier molecular flexibility index (Phi) is 5.31. The molecule has 0 aliphatic rings. The number of aromatic nitrogens is 1. The van der Waals surface area contributed by atoms with Crippen molar-refractivity contribution in [3.05, 3.63) is 59.7 Å². The maximum Gasteiger partial charge on any atom is 0.236 e. The lowest BCUT2D eigenvalue weighted by atomic mass is 10.2. The minimum atomic E-state index is -0.298. The topological polar surface area (TPSA) is 64.4 Å². The monoisotopic (exact) mass is 414 g/mol. The van der Waals surface area contributed by atoms with Crippen LogP contribution in [0.5, 0.6) is 5.75 Å². The third-order valence-electron chi connectivity index (χ3n) is 3.91. The Morgan fingerprint density at radius 3 is 2.86 bits per heavy atom. The van der Waals surface area contributed by atoms with Crippen molar-refractivity contribution in [2.75, 3.05) is 18.2 Å². The van der Waals surface area contributed by atoms with E-state index in [1.807, 2.05) is 29.6 Å². The fourth-order valence-corrected chi connectivity index (χ4v) is 3.97. The highest BCUT2D eigenvalue weighted by Gasteiger charge is 2.13. The van der Waals surface area contributed by atoms with Crippen LogP contribution in [-0.4, -0.2) is 23.8 Å². The number of carbonyl (C=O) groups is 1. The van der Waals surface area contributed by atoms with Gasteiger partial charge in [-0.05, 0) is 48.5 Å². The molecule has 0 spiro atoms. The minimum Gasteiger partial charge on any atom is -0.497 e. The molecule has 0 atom stereocenters. The lowest BCUT2D eigenvalue weighted by Crippen LogP contribution is -2.13. The van der Waals surface area contributed by atoms with Crippen LogP contribution in [0.2, 0.25) is 0 Å². The Morgan fingerprint density at radius 1 is 1.25 bits per heavy atom. The first-order valence-electron chi connectivity index (χ1n) is 8.32. The molecular weight excluding hydrogens is 399 g/mol. The van der Waals surface area contributed by atoms with Crippen LogP contribution in [0.15, 0.2) is 63.2 Å². The van der Waals surface area contributed by atoms with E-state index >= 15 is 0 Å². The molecule has 4 aromatic rings. The highest BCUT2D eigenvalue weighted by atomic mass is 32.2. The molecule has 2 aromatic carbocycles. The largest absolute Gasteiger partial charge is 0.497 e. The average Bonchev–Trinajstić information content (AvgIpc) is 3.33. The van der Waals surface area contributed by atoms with Gasteiger partial charge in [-0.2, -0.15) is 0 Å². The summed E-state index contributed by atoms with van der Waals surface area (Å²) >= 11 is 2.66. The number of ether oxygens (including phenoxy) is 1. The standard InChI is InChI=1S/C20H15FN2O3S2/c1-25-14-4-7-17-12(8-14)9-18(26-17)16-10-28-20(22-16)23-19(24)11-27-15-5-2-13(21)3-6-15/h2-10H,11H2,1H3,(H,22,23,24). The summed E-state index contributed by atoms with van der Waals surface area (Å²) in [5.41, 5.74) is 1.40. The Bertz CT molecular complexity index is 1120. The summed E-state index contributed by atoms with van der Waals surface area (Å²) in [5.74, 6) is 1.12. The SMILES string of the molecule is COc1ccc2oc(-c3csc(NC(=O)CSc4ccc(F)cc4)n3)cc2c1. The Labute approximate surface area is 168 Å². The van der Waals surface area contributed by atoms with E-state index in [9.17, 15) is 9.18 Å². The summed E-state index contributed by atoms with van der Waals surface area (Å²) in [6.45, 7) is 0. The number of anilines is 1. The molecule has 2 aromatic heterocycles. The second kappa shape index (κ2) is 8.04. The first kappa shape index (κ1) is 18.5. The minimum absolute atomic E-state index is 0.176. The Morgan fingerprint density at radius 2 is 2.07 bits per heavy atom. The molecule has 0 unspecified atom stereocenters. The number of thiazole rings is 1. The highest BCUT2D eigenvalue weighted by molar-refractivity contribution is 8.00. The highest BCUT2D eigenvalue weighted by Crippen LogP contribution is 2.32. The van der Waals surface area contributed by atoms with Gasteiger partial charge in [0.05, 0.1) is 12.9 Å². The Balaban J connectivity index is 1.41. The molecule has 142 valence electrons. The summed E-state index contributed by atoms with van der Waals surface area (Å²) < 4.78 is 24.0. The van der Waals surface area contributed by atoms with Crippen molar-refractivity contribution in [2.45, 2.75) is 4.90 Å². The van der Waals surface area contributed by atoms with Gasteiger partial charge in [0, 0.05) is 15.7 Å². The van der Waals surface area contributed by atoms with Crippen LogP contribution in [0, 0.1) is 5.82 Å². The molecule has 5 nitrogen and oxygen atoms in total. The van der Waals surface area contributed by atoms with Crippen molar-refractivity contribution in [1.29, 1.82) is 0 Å². The van der Waals surface area contributed by atoms with Gasteiger partial charge in [0.15, 0.2) is 10.9 Å². The van der Waals surface area contributed by atoms with Crippen LogP contribution in [0.1, 0.15) is 0 Å². The van der Waals surface area contributed by atoms with Gasteiger partial charge in [0.2, 0.25) is 5.91 Å². The lowest BCUT2D eigenvalue weighted by Gasteiger charge is -2.02. The van der Waals surface area contributed by atoms with E-state index in [-0.39, 0.29) is 17.5 Å². The molecule has 1 N–H and O–H groups in total. The van der Waals surface area contributed by atoms with Crippen LogP contribution < -0.4 is 10.1 Å². The second-order valence-corrected chi connectivity index (χ2v) is 7.75. The number of furan rings is 1. The van der Waals surface area contributed by atoms with Crippen molar-refractivity contribution in [1.82, 2.24) is 4.98 Å². The van der Waals surface area contributed by atoms with Crippen molar-refractivity contribution in [3.63, 3.8) is 0 Å². The van der Waals surface area contributed by atoms with E-state index in [0.717, 1.165) is 21.6 Å². The van der Waals surface area contributed by atoms with E-state index < -0.39 is 0 Å². The average molecular weight is 414 g/mol. The molecule has 0 fully saturated rings. The maximum absolute atomic E-state index is 12.9. The van der Waals surface area contributed by atoms with Gasteiger partial charge in [-0.3, -0.25) is 4.79 Å². The van der Waals surface area contributed by atoms with Gasteiger partial charge in [-0.25, -0.2) is 9.37 Å². The number of hydrogen-bond acceptors (Lipinski definition) is 6. The molecule has 0 saturated heterocycles. The van der Waals surface area contributed by atoms with Gasteiger partial charge in [-0.1, -0.05) is 0 Å². The molecule has 2 heterocycles. The molecule has 0 saturated carbocycles. The molecule has 8 heteroatoms. The van der Waals surface area contributed by atoms with Gasteiger partial charge < -0.3 is 14.5 Å². The molecule has 28 heavy (non-hydrogen) atoms. The maximum atomic E-state index is 12.9. The zero-order chi connectivity index (χ0) is 19.5. The van der Waals surface area contributed by atoms with Crippen LogP contribution in [0.3, 0.4) is 0 Å². The number of hydrogen-bond donors (Lipinski definition) is 1. The van der Waals surface area contributed by atoms with Crippen LogP contribution in [-0.2, 0) is 4.79 Å². The number of nitrogens with one attached hydrogen (secondary N) is 1. The van der Waals surface area contributed by atoms with Crippen molar-refractivity contribution in [2.24, 2.45) is 0 Å². The number of methoxy groups -OCH3 is 1. The smallest absolute Gasteiger partial charge is 0.236 e. The second-order valence-electron chi connectivity index (χ2n) is 5.84.